The number of aliphatic hydroxyl groups excluding tert-OH is 3. The molecule has 7 nitrogen and oxygen atoms in total. The third-order valence-corrected chi connectivity index (χ3v) is 1.66. The number of ether oxygens (including phenoxy) is 1. The van der Waals surface area contributed by atoms with Crippen LogP contribution in [0.4, 0.5) is 0 Å². The molecule has 1 fully saturated rings. The molecule has 1 saturated heterocycles. The van der Waals surface area contributed by atoms with Crippen LogP contribution >= 0.6 is 0 Å². The standard InChI is InChI=1S/C5H9N3O4/c6-8-7-1-2-3(9)4(10)5(11)12-2/h2-5,9-11H,1H2/t2-,3?,4+,5?/m1/s1. The Kier molecular flexibility index (Phi) is 2.85. The van der Waals surface area contributed by atoms with Crippen LogP contribution in [0, 0.1) is 0 Å². The van der Waals surface area contributed by atoms with E-state index in [0.29, 0.717) is 0 Å². The normalized spacial score (nSPS) is 40.9. The van der Waals surface area contributed by atoms with Gasteiger partial charge >= 0.3 is 0 Å². The fourth-order valence-corrected chi connectivity index (χ4v) is 0.997. The Morgan fingerprint density at radius 1 is 1.33 bits per heavy atom. The highest BCUT2D eigenvalue weighted by Gasteiger charge is 2.41. The molecule has 0 amide bonds. The summed E-state index contributed by atoms with van der Waals surface area (Å²) in [6.45, 7) is -0.105. The molecule has 0 spiro atoms. The molecule has 1 aliphatic heterocycles. The van der Waals surface area contributed by atoms with Gasteiger partial charge in [0.1, 0.15) is 12.2 Å². The van der Waals surface area contributed by atoms with Gasteiger partial charge in [-0.05, 0) is 5.53 Å². The van der Waals surface area contributed by atoms with Crippen molar-refractivity contribution in [3.63, 3.8) is 0 Å². The summed E-state index contributed by atoms with van der Waals surface area (Å²) in [5, 5.41) is 30.1. The van der Waals surface area contributed by atoms with Crippen molar-refractivity contribution in [1.29, 1.82) is 0 Å². The molecule has 68 valence electrons. The highest BCUT2D eigenvalue weighted by molar-refractivity contribution is 4.86. The minimum atomic E-state index is -1.40. The van der Waals surface area contributed by atoms with E-state index in [1.54, 1.807) is 0 Å². The van der Waals surface area contributed by atoms with Crippen molar-refractivity contribution in [2.75, 3.05) is 6.54 Å². The lowest BCUT2D eigenvalue weighted by Crippen LogP contribution is -2.33. The van der Waals surface area contributed by atoms with Gasteiger partial charge in [0.2, 0.25) is 0 Å². The van der Waals surface area contributed by atoms with E-state index in [1.807, 2.05) is 0 Å². The molecule has 1 aliphatic rings. The number of hydrogen-bond acceptors (Lipinski definition) is 5. The van der Waals surface area contributed by atoms with Crippen molar-refractivity contribution in [3.8, 4) is 0 Å². The van der Waals surface area contributed by atoms with Gasteiger partial charge < -0.3 is 20.1 Å². The van der Waals surface area contributed by atoms with E-state index in [2.05, 4.69) is 14.8 Å². The van der Waals surface area contributed by atoms with Crippen molar-refractivity contribution < 1.29 is 20.1 Å². The van der Waals surface area contributed by atoms with Crippen LogP contribution in [0.15, 0.2) is 5.11 Å². The number of hydrogen-bond donors (Lipinski definition) is 3. The molecule has 0 aromatic heterocycles. The molecule has 3 N–H and O–H groups in total. The summed E-state index contributed by atoms with van der Waals surface area (Å²) in [5.41, 5.74) is 7.94. The van der Waals surface area contributed by atoms with E-state index in [-0.39, 0.29) is 6.54 Å². The average Bonchev–Trinajstić information content (AvgIpc) is 2.30. The molecular formula is C5H9N3O4. The highest BCUT2D eigenvalue weighted by Crippen LogP contribution is 2.19. The smallest absolute Gasteiger partial charge is 0.183 e. The number of rotatable bonds is 2. The number of azide groups is 1. The van der Waals surface area contributed by atoms with Gasteiger partial charge in [0, 0.05) is 4.91 Å². The largest absolute Gasteiger partial charge is 0.387 e. The second kappa shape index (κ2) is 3.70. The van der Waals surface area contributed by atoms with Crippen molar-refractivity contribution in [2.45, 2.75) is 24.6 Å². The molecule has 7 heteroatoms. The summed E-state index contributed by atoms with van der Waals surface area (Å²) in [6.07, 6.45) is -4.76. The third-order valence-electron chi connectivity index (χ3n) is 1.66. The zero-order chi connectivity index (χ0) is 9.14. The fourth-order valence-electron chi connectivity index (χ4n) is 0.997. The zero-order valence-electron chi connectivity index (χ0n) is 6.11. The molecule has 2 unspecified atom stereocenters. The van der Waals surface area contributed by atoms with Gasteiger partial charge in [0.25, 0.3) is 0 Å². The van der Waals surface area contributed by atoms with Gasteiger partial charge in [-0.1, -0.05) is 5.11 Å². The molecule has 0 aliphatic carbocycles. The van der Waals surface area contributed by atoms with Crippen molar-refractivity contribution in [1.82, 2.24) is 0 Å². The van der Waals surface area contributed by atoms with E-state index >= 15 is 0 Å². The van der Waals surface area contributed by atoms with E-state index in [0.717, 1.165) is 0 Å². The lowest BCUT2D eigenvalue weighted by molar-refractivity contribution is -0.125. The lowest BCUT2D eigenvalue weighted by atomic mass is 10.1. The lowest BCUT2D eigenvalue weighted by Gasteiger charge is -2.10. The van der Waals surface area contributed by atoms with E-state index in [9.17, 15) is 0 Å². The maximum absolute atomic E-state index is 9.14. The van der Waals surface area contributed by atoms with Crippen LogP contribution < -0.4 is 0 Å². The molecule has 0 aromatic rings. The average molecular weight is 175 g/mol. The Balaban J connectivity index is 2.52. The highest BCUT2D eigenvalue weighted by atomic mass is 16.6. The Labute approximate surface area is 67.8 Å². The Morgan fingerprint density at radius 2 is 2.00 bits per heavy atom. The topological polar surface area (TPSA) is 119 Å². The van der Waals surface area contributed by atoms with Crippen LogP contribution in [0.2, 0.25) is 0 Å². The van der Waals surface area contributed by atoms with E-state index < -0.39 is 24.6 Å². The molecule has 0 saturated carbocycles. The SMILES string of the molecule is [N-]=[N+]=NC[C@H]1OC(O)[C@@H](O)C1O. The summed E-state index contributed by atoms with van der Waals surface area (Å²) in [7, 11) is 0. The molecule has 0 radical (unpaired) electrons. The minimum Gasteiger partial charge on any atom is -0.387 e. The van der Waals surface area contributed by atoms with Crippen LogP contribution in [-0.4, -0.2) is 46.5 Å². The quantitative estimate of drug-likeness (QED) is 0.275. The van der Waals surface area contributed by atoms with Gasteiger partial charge in [-0.15, -0.1) is 0 Å². The summed E-state index contributed by atoms with van der Waals surface area (Å²) in [4.78, 5) is 2.45. The van der Waals surface area contributed by atoms with Crippen molar-refractivity contribution in [2.24, 2.45) is 5.11 Å². The maximum Gasteiger partial charge on any atom is 0.183 e. The summed E-state index contributed by atoms with van der Waals surface area (Å²) in [5.74, 6) is 0. The maximum atomic E-state index is 9.14. The van der Waals surface area contributed by atoms with Crippen LogP contribution in [0.5, 0.6) is 0 Å². The summed E-state index contributed by atoms with van der Waals surface area (Å²) >= 11 is 0. The first-order valence-corrected chi connectivity index (χ1v) is 3.37. The molecule has 1 heterocycles. The Morgan fingerprint density at radius 3 is 2.42 bits per heavy atom. The summed E-state index contributed by atoms with van der Waals surface area (Å²) < 4.78 is 4.68. The van der Waals surface area contributed by atoms with Gasteiger partial charge in [-0.25, -0.2) is 0 Å². The Hall–Kier alpha value is -0.850. The third kappa shape index (κ3) is 1.66. The minimum absolute atomic E-state index is 0.105. The second-order valence-electron chi connectivity index (χ2n) is 2.46. The number of nitrogens with zero attached hydrogens (tertiary/aromatic N) is 3. The molecular weight excluding hydrogens is 166 g/mol. The number of aliphatic hydroxyl groups is 3. The molecule has 1 rings (SSSR count). The Bertz CT molecular complexity index is 205. The van der Waals surface area contributed by atoms with Crippen molar-refractivity contribution in [3.05, 3.63) is 10.4 Å². The van der Waals surface area contributed by atoms with E-state index in [4.69, 9.17) is 20.9 Å². The zero-order valence-corrected chi connectivity index (χ0v) is 6.11. The van der Waals surface area contributed by atoms with Gasteiger partial charge in [0.05, 0.1) is 12.6 Å². The van der Waals surface area contributed by atoms with Crippen LogP contribution in [-0.2, 0) is 4.74 Å². The summed E-state index contributed by atoms with van der Waals surface area (Å²) in [6, 6.07) is 0. The van der Waals surface area contributed by atoms with Gasteiger partial charge in [-0.3, -0.25) is 0 Å². The molecule has 0 bridgehead atoms. The predicted octanol–water partition coefficient (Wildman–Crippen LogP) is -1.26. The molecule has 0 aromatic carbocycles. The fraction of sp³-hybridized carbons (Fsp3) is 1.00. The first-order chi connectivity index (χ1) is 5.66. The molecule has 4 atom stereocenters. The van der Waals surface area contributed by atoms with Crippen molar-refractivity contribution >= 4 is 0 Å². The van der Waals surface area contributed by atoms with Crippen LogP contribution in [0.25, 0.3) is 10.4 Å². The van der Waals surface area contributed by atoms with E-state index in [1.165, 1.54) is 0 Å². The van der Waals surface area contributed by atoms with Crippen LogP contribution in [0.1, 0.15) is 0 Å². The first kappa shape index (κ1) is 9.24. The second-order valence-corrected chi connectivity index (χ2v) is 2.46. The van der Waals surface area contributed by atoms with Crippen LogP contribution in [0.3, 0.4) is 0 Å². The predicted molar refractivity (Wildman–Crippen MR) is 36.9 cm³/mol. The van der Waals surface area contributed by atoms with Gasteiger partial charge in [0.15, 0.2) is 6.29 Å². The molecule has 12 heavy (non-hydrogen) atoms. The van der Waals surface area contributed by atoms with Gasteiger partial charge in [-0.2, -0.15) is 0 Å². The first-order valence-electron chi connectivity index (χ1n) is 3.37. The monoisotopic (exact) mass is 175 g/mol.